The largest absolute Gasteiger partial charge is 0.444 e. The number of nitrogens with zero attached hydrogens (tertiary/aromatic N) is 1. The molecule has 0 unspecified atom stereocenters. The normalized spacial score (nSPS) is 12.2. The second-order valence-electron chi connectivity index (χ2n) is 4.67. The Morgan fingerprint density at radius 2 is 1.89 bits per heavy atom. The average molecular weight is 280 g/mol. The van der Waals surface area contributed by atoms with Crippen LogP contribution in [-0.2, 0) is 10.9 Å². The van der Waals surface area contributed by atoms with E-state index >= 15 is 0 Å². The van der Waals surface area contributed by atoms with Crippen LogP contribution < -0.4 is 5.32 Å². The minimum absolute atomic E-state index is 0.384. The fraction of sp³-hybridized carbons (Fsp3) is 0.455. The maximum atomic E-state index is 12.9. The van der Waals surface area contributed by atoms with E-state index in [1.807, 2.05) is 5.32 Å². The van der Waals surface area contributed by atoms with Crippen LogP contribution in [0.25, 0.3) is 0 Å². The minimum atomic E-state index is -4.86. The molecule has 0 aliphatic heterocycles. The van der Waals surface area contributed by atoms with E-state index < -0.39 is 35.1 Å². The molecule has 0 spiro atoms. The van der Waals surface area contributed by atoms with Gasteiger partial charge in [0.15, 0.2) is 5.82 Å². The summed E-state index contributed by atoms with van der Waals surface area (Å²) in [6.07, 6.45) is -5.45. The molecule has 4 nitrogen and oxygen atoms in total. The van der Waals surface area contributed by atoms with Crippen LogP contribution >= 0.6 is 0 Å². The quantitative estimate of drug-likeness (QED) is 0.800. The van der Waals surface area contributed by atoms with Crippen LogP contribution in [0.5, 0.6) is 0 Å². The summed E-state index contributed by atoms with van der Waals surface area (Å²) in [5.74, 6) is -1.95. The first-order valence-corrected chi connectivity index (χ1v) is 5.22. The zero-order chi connectivity index (χ0) is 14.8. The van der Waals surface area contributed by atoms with E-state index in [4.69, 9.17) is 4.74 Å². The number of aromatic nitrogens is 1. The molecule has 1 heterocycles. The number of alkyl halides is 3. The van der Waals surface area contributed by atoms with Gasteiger partial charge in [-0.1, -0.05) is 0 Å². The van der Waals surface area contributed by atoms with Crippen molar-refractivity contribution in [3.8, 4) is 0 Å². The van der Waals surface area contributed by atoms with E-state index in [1.54, 1.807) is 20.8 Å². The fourth-order valence-corrected chi connectivity index (χ4v) is 1.13. The Hall–Kier alpha value is -1.86. The van der Waals surface area contributed by atoms with Crippen LogP contribution in [0.4, 0.5) is 28.2 Å². The molecule has 1 aromatic heterocycles. The molecule has 19 heavy (non-hydrogen) atoms. The van der Waals surface area contributed by atoms with Crippen LogP contribution in [0, 0.1) is 5.82 Å². The summed E-state index contributed by atoms with van der Waals surface area (Å²) in [6, 6.07) is 0.402. The van der Waals surface area contributed by atoms with Crippen molar-refractivity contribution < 1.29 is 27.1 Å². The molecule has 1 N–H and O–H groups in total. The van der Waals surface area contributed by atoms with Gasteiger partial charge in [0.05, 0.1) is 11.8 Å². The monoisotopic (exact) mass is 280 g/mol. The number of hydrogen-bond donors (Lipinski definition) is 1. The van der Waals surface area contributed by atoms with Gasteiger partial charge in [-0.15, -0.1) is 0 Å². The molecule has 0 radical (unpaired) electrons. The summed E-state index contributed by atoms with van der Waals surface area (Å²) in [5, 5.41) is 2.00. The highest BCUT2D eigenvalue weighted by Gasteiger charge is 2.34. The zero-order valence-corrected chi connectivity index (χ0v) is 10.4. The number of carbonyl (C=O) groups excluding carboxylic acids is 1. The molecule has 0 bridgehead atoms. The number of rotatable bonds is 1. The molecule has 1 amide bonds. The van der Waals surface area contributed by atoms with Crippen LogP contribution in [0.1, 0.15) is 26.3 Å². The number of halogens is 4. The van der Waals surface area contributed by atoms with E-state index in [1.165, 1.54) is 0 Å². The van der Waals surface area contributed by atoms with E-state index in [0.29, 0.717) is 12.3 Å². The average Bonchev–Trinajstić information content (AvgIpc) is 2.16. The van der Waals surface area contributed by atoms with Crippen LogP contribution in [0.15, 0.2) is 12.3 Å². The van der Waals surface area contributed by atoms with Gasteiger partial charge in [-0.25, -0.2) is 14.2 Å². The van der Waals surface area contributed by atoms with Crippen molar-refractivity contribution in [3.63, 3.8) is 0 Å². The SMILES string of the molecule is CC(C)(C)OC(=O)Nc1cc(C(F)(F)F)c(F)cn1. The molecule has 0 aliphatic carbocycles. The minimum Gasteiger partial charge on any atom is -0.444 e. The van der Waals surface area contributed by atoms with Crippen molar-refractivity contribution in [2.75, 3.05) is 5.32 Å². The van der Waals surface area contributed by atoms with Gasteiger partial charge >= 0.3 is 12.3 Å². The van der Waals surface area contributed by atoms with Crippen molar-refractivity contribution in [2.24, 2.45) is 0 Å². The third-order valence-corrected chi connectivity index (χ3v) is 1.79. The standard InChI is InChI=1S/C11H12F4N2O2/c1-10(2,3)19-9(18)17-8-4-6(11(13,14)15)7(12)5-16-8/h4-5H,1-3H3,(H,16,17,18). The second-order valence-corrected chi connectivity index (χ2v) is 4.67. The van der Waals surface area contributed by atoms with Gasteiger partial charge in [-0.05, 0) is 26.8 Å². The Morgan fingerprint density at radius 1 is 1.32 bits per heavy atom. The molecule has 8 heteroatoms. The van der Waals surface area contributed by atoms with Gasteiger partial charge in [0.1, 0.15) is 11.4 Å². The predicted molar refractivity (Wildman–Crippen MR) is 59.1 cm³/mol. The molecular weight excluding hydrogens is 268 g/mol. The predicted octanol–water partition coefficient (Wildman–Crippen LogP) is 3.59. The third kappa shape index (κ3) is 4.72. The lowest BCUT2D eigenvalue weighted by Crippen LogP contribution is -2.27. The van der Waals surface area contributed by atoms with Gasteiger partial charge in [0, 0.05) is 0 Å². The van der Waals surface area contributed by atoms with Gasteiger partial charge in [0.2, 0.25) is 0 Å². The molecule has 106 valence electrons. The Morgan fingerprint density at radius 3 is 2.37 bits per heavy atom. The Labute approximate surface area is 106 Å². The molecule has 1 rings (SSSR count). The van der Waals surface area contributed by atoms with Crippen LogP contribution in [-0.4, -0.2) is 16.7 Å². The first-order chi connectivity index (χ1) is 8.49. The second kappa shape index (κ2) is 5.02. The number of hydrogen-bond acceptors (Lipinski definition) is 3. The number of ether oxygens (including phenoxy) is 1. The summed E-state index contributed by atoms with van der Waals surface area (Å²) in [6.45, 7) is 4.77. The number of nitrogens with one attached hydrogen (secondary N) is 1. The highest BCUT2D eigenvalue weighted by atomic mass is 19.4. The molecule has 0 atom stereocenters. The molecule has 0 aromatic carbocycles. The zero-order valence-electron chi connectivity index (χ0n) is 10.4. The maximum Gasteiger partial charge on any atom is 0.419 e. The molecular formula is C11H12F4N2O2. The summed E-state index contributed by atoms with van der Waals surface area (Å²) in [5.41, 5.74) is -2.31. The maximum absolute atomic E-state index is 12.9. The highest BCUT2D eigenvalue weighted by Crippen LogP contribution is 2.32. The fourth-order valence-electron chi connectivity index (χ4n) is 1.13. The molecule has 0 fully saturated rings. The van der Waals surface area contributed by atoms with Gasteiger partial charge in [0.25, 0.3) is 0 Å². The number of carbonyl (C=O) groups is 1. The molecule has 1 aromatic rings. The summed E-state index contributed by atoms with van der Waals surface area (Å²) < 4.78 is 55.1. The topological polar surface area (TPSA) is 51.2 Å². The van der Waals surface area contributed by atoms with Gasteiger partial charge in [-0.2, -0.15) is 13.2 Å². The number of amides is 1. The third-order valence-electron chi connectivity index (χ3n) is 1.79. The van der Waals surface area contributed by atoms with Crippen molar-refractivity contribution in [3.05, 3.63) is 23.6 Å². The Bertz CT molecular complexity index is 481. The van der Waals surface area contributed by atoms with Crippen molar-refractivity contribution in [1.82, 2.24) is 4.98 Å². The van der Waals surface area contributed by atoms with Crippen LogP contribution in [0.2, 0.25) is 0 Å². The summed E-state index contributed by atoms with van der Waals surface area (Å²) in [4.78, 5) is 14.7. The van der Waals surface area contributed by atoms with E-state index in [0.717, 1.165) is 0 Å². The van der Waals surface area contributed by atoms with E-state index in [2.05, 4.69) is 4.98 Å². The lowest BCUT2D eigenvalue weighted by molar-refractivity contribution is -0.140. The van der Waals surface area contributed by atoms with Gasteiger partial charge in [-0.3, -0.25) is 5.32 Å². The highest BCUT2D eigenvalue weighted by molar-refractivity contribution is 5.83. The van der Waals surface area contributed by atoms with Crippen molar-refractivity contribution in [1.29, 1.82) is 0 Å². The first kappa shape index (κ1) is 15.2. The summed E-state index contributed by atoms with van der Waals surface area (Å²) >= 11 is 0. The smallest absolute Gasteiger partial charge is 0.419 e. The first-order valence-electron chi connectivity index (χ1n) is 5.22. The lowest BCUT2D eigenvalue weighted by atomic mass is 10.2. The van der Waals surface area contributed by atoms with Crippen LogP contribution in [0.3, 0.4) is 0 Å². The van der Waals surface area contributed by atoms with Gasteiger partial charge < -0.3 is 4.74 Å². The van der Waals surface area contributed by atoms with E-state index in [9.17, 15) is 22.4 Å². The molecule has 0 saturated carbocycles. The molecule has 0 aliphatic rings. The van der Waals surface area contributed by atoms with Crippen molar-refractivity contribution in [2.45, 2.75) is 32.5 Å². The lowest BCUT2D eigenvalue weighted by Gasteiger charge is -2.19. The number of pyridine rings is 1. The van der Waals surface area contributed by atoms with E-state index in [-0.39, 0.29) is 0 Å². The Balaban J connectivity index is 2.89. The summed E-state index contributed by atoms with van der Waals surface area (Å²) in [7, 11) is 0. The van der Waals surface area contributed by atoms with Crippen molar-refractivity contribution >= 4 is 11.9 Å². The number of anilines is 1. The Kier molecular flexibility index (Phi) is 4.02. The molecule has 0 saturated heterocycles.